The number of halogens is 2. The first-order chi connectivity index (χ1) is 14.5. The SMILES string of the molecule is CC(C)c1onc(-c2c(Cl)cccc2Cl)c1COC1C[C@H]2CC[C@@H](C1)C21OCCO1. The van der Waals surface area contributed by atoms with Crippen LogP contribution in [0.3, 0.4) is 0 Å². The summed E-state index contributed by atoms with van der Waals surface area (Å²) in [5.74, 6) is 1.47. The van der Waals surface area contributed by atoms with E-state index >= 15 is 0 Å². The largest absolute Gasteiger partial charge is 0.373 e. The van der Waals surface area contributed by atoms with Crippen molar-refractivity contribution >= 4 is 23.2 Å². The summed E-state index contributed by atoms with van der Waals surface area (Å²) in [5, 5.41) is 5.44. The van der Waals surface area contributed by atoms with E-state index in [1.54, 1.807) is 0 Å². The normalized spacial score (nSPS) is 27.4. The minimum atomic E-state index is -0.351. The zero-order chi connectivity index (χ0) is 20.9. The van der Waals surface area contributed by atoms with E-state index < -0.39 is 0 Å². The summed E-state index contributed by atoms with van der Waals surface area (Å²) in [4.78, 5) is 0. The predicted molar refractivity (Wildman–Crippen MR) is 115 cm³/mol. The Bertz CT molecular complexity index is 886. The maximum atomic E-state index is 6.45. The molecule has 3 atom stereocenters. The first-order valence-corrected chi connectivity index (χ1v) is 11.6. The highest BCUT2D eigenvalue weighted by molar-refractivity contribution is 6.39. The molecule has 3 aliphatic rings. The summed E-state index contributed by atoms with van der Waals surface area (Å²) in [6, 6.07) is 5.46. The molecule has 162 valence electrons. The lowest BCUT2D eigenvalue weighted by Gasteiger charge is -2.41. The number of hydrogen-bond acceptors (Lipinski definition) is 5. The molecule has 30 heavy (non-hydrogen) atoms. The Morgan fingerprint density at radius 3 is 2.33 bits per heavy atom. The van der Waals surface area contributed by atoms with Crippen LogP contribution in [0.25, 0.3) is 11.3 Å². The molecular formula is C23H27Cl2NO4. The zero-order valence-corrected chi connectivity index (χ0v) is 18.8. The molecule has 1 unspecified atom stereocenters. The lowest BCUT2D eigenvalue weighted by atomic mass is 9.81. The van der Waals surface area contributed by atoms with Crippen LogP contribution in [0.2, 0.25) is 10.0 Å². The lowest BCUT2D eigenvalue weighted by Crippen LogP contribution is -2.47. The maximum Gasteiger partial charge on any atom is 0.174 e. The monoisotopic (exact) mass is 451 g/mol. The van der Waals surface area contributed by atoms with Gasteiger partial charge in [-0.1, -0.05) is 48.3 Å². The van der Waals surface area contributed by atoms with E-state index in [0.717, 1.165) is 37.0 Å². The average molecular weight is 452 g/mol. The highest BCUT2D eigenvalue weighted by Gasteiger charge is 2.58. The first-order valence-electron chi connectivity index (χ1n) is 10.8. The molecule has 5 rings (SSSR count). The van der Waals surface area contributed by atoms with Gasteiger partial charge in [-0.3, -0.25) is 0 Å². The number of rotatable bonds is 5. The second-order valence-corrected chi connectivity index (χ2v) is 9.73. The van der Waals surface area contributed by atoms with Crippen molar-refractivity contribution in [1.29, 1.82) is 0 Å². The van der Waals surface area contributed by atoms with Crippen LogP contribution in [0.15, 0.2) is 22.7 Å². The van der Waals surface area contributed by atoms with Crippen LogP contribution in [0.4, 0.5) is 0 Å². The van der Waals surface area contributed by atoms with Crippen LogP contribution in [-0.2, 0) is 20.8 Å². The Morgan fingerprint density at radius 1 is 1.10 bits per heavy atom. The van der Waals surface area contributed by atoms with Crippen LogP contribution in [-0.4, -0.2) is 30.3 Å². The van der Waals surface area contributed by atoms with Crippen molar-refractivity contribution in [2.24, 2.45) is 11.8 Å². The third kappa shape index (κ3) is 3.39. The Hall–Kier alpha value is -1.11. The second kappa shape index (κ2) is 8.10. The Balaban J connectivity index is 1.37. The summed E-state index contributed by atoms with van der Waals surface area (Å²) in [6.45, 7) is 6.01. The molecule has 1 aromatic heterocycles. The fraction of sp³-hybridized carbons (Fsp3) is 0.609. The lowest BCUT2D eigenvalue weighted by molar-refractivity contribution is -0.238. The van der Waals surface area contributed by atoms with Crippen molar-refractivity contribution in [3.63, 3.8) is 0 Å². The van der Waals surface area contributed by atoms with Gasteiger partial charge >= 0.3 is 0 Å². The molecule has 0 amide bonds. The molecule has 1 aliphatic heterocycles. The number of aromatic nitrogens is 1. The smallest absolute Gasteiger partial charge is 0.174 e. The third-order valence-corrected chi connectivity index (χ3v) is 7.47. The minimum Gasteiger partial charge on any atom is -0.373 e. The third-order valence-electron chi connectivity index (χ3n) is 6.84. The van der Waals surface area contributed by atoms with Gasteiger partial charge in [0.25, 0.3) is 0 Å². The number of benzene rings is 1. The van der Waals surface area contributed by atoms with Crippen molar-refractivity contribution in [3.8, 4) is 11.3 Å². The molecule has 2 saturated carbocycles. The molecule has 7 heteroatoms. The molecule has 2 aromatic rings. The highest BCUT2D eigenvalue weighted by atomic mass is 35.5. The van der Waals surface area contributed by atoms with E-state index in [1.165, 1.54) is 0 Å². The average Bonchev–Trinajstić information content (AvgIpc) is 3.39. The van der Waals surface area contributed by atoms with E-state index in [4.69, 9.17) is 41.9 Å². The van der Waals surface area contributed by atoms with Crippen LogP contribution < -0.4 is 0 Å². The molecule has 1 aromatic carbocycles. The summed E-state index contributed by atoms with van der Waals surface area (Å²) in [5.41, 5.74) is 2.30. The van der Waals surface area contributed by atoms with E-state index in [1.807, 2.05) is 18.2 Å². The Kier molecular flexibility index (Phi) is 5.61. The first kappa shape index (κ1) is 20.8. The van der Waals surface area contributed by atoms with Crippen molar-refractivity contribution < 1.29 is 18.7 Å². The van der Waals surface area contributed by atoms with Gasteiger partial charge in [-0.05, 0) is 37.8 Å². The molecule has 0 radical (unpaired) electrons. The topological polar surface area (TPSA) is 53.7 Å². The summed E-state index contributed by atoms with van der Waals surface area (Å²) >= 11 is 12.9. The van der Waals surface area contributed by atoms with E-state index in [0.29, 0.717) is 53.0 Å². The van der Waals surface area contributed by atoms with Gasteiger partial charge in [-0.25, -0.2) is 0 Å². The standard InChI is InChI=1S/C23H27Cl2NO4/c1-13(2)22-17(21(26-30-22)20-18(24)4-3-5-19(20)25)12-27-16-10-14-6-7-15(11-16)23(14)28-8-9-29-23/h3-5,13-16H,6-12H2,1-2H3/t14-,15+,16?. The molecule has 5 nitrogen and oxygen atoms in total. The van der Waals surface area contributed by atoms with E-state index in [9.17, 15) is 0 Å². The fourth-order valence-corrected chi connectivity index (χ4v) is 6.10. The molecule has 2 bridgehead atoms. The summed E-state index contributed by atoms with van der Waals surface area (Å²) in [6.07, 6.45) is 4.39. The van der Waals surface area contributed by atoms with Gasteiger partial charge in [0.15, 0.2) is 5.79 Å². The van der Waals surface area contributed by atoms with E-state index in [-0.39, 0.29) is 17.8 Å². The molecule has 1 spiro atoms. The van der Waals surface area contributed by atoms with Crippen molar-refractivity contribution in [2.45, 2.75) is 63.9 Å². The second-order valence-electron chi connectivity index (χ2n) is 8.92. The maximum absolute atomic E-state index is 6.45. The quantitative estimate of drug-likeness (QED) is 0.539. The number of nitrogens with zero attached hydrogens (tertiary/aromatic N) is 1. The summed E-state index contributed by atoms with van der Waals surface area (Å²) < 4.78 is 24.3. The Labute approximate surface area is 186 Å². The van der Waals surface area contributed by atoms with Crippen LogP contribution >= 0.6 is 23.2 Å². The van der Waals surface area contributed by atoms with Gasteiger partial charge in [-0.15, -0.1) is 0 Å². The fourth-order valence-electron chi connectivity index (χ4n) is 5.52. The number of ether oxygens (including phenoxy) is 3. The molecule has 0 N–H and O–H groups in total. The number of hydrogen-bond donors (Lipinski definition) is 0. The predicted octanol–water partition coefficient (Wildman–Crippen LogP) is 6.22. The van der Waals surface area contributed by atoms with Crippen molar-refractivity contribution in [3.05, 3.63) is 39.6 Å². The van der Waals surface area contributed by atoms with Crippen molar-refractivity contribution in [2.75, 3.05) is 13.2 Å². The molecule has 2 aliphatic carbocycles. The van der Waals surface area contributed by atoms with Gasteiger partial charge in [0.05, 0.1) is 36.0 Å². The van der Waals surface area contributed by atoms with Gasteiger partial charge in [0, 0.05) is 28.9 Å². The molecule has 1 saturated heterocycles. The van der Waals surface area contributed by atoms with Gasteiger partial charge < -0.3 is 18.7 Å². The molecular weight excluding hydrogens is 425 g/mol. The van der Waals surface area contributed by atoms with Gasteiger partial charge in [0.1, 0.15) is 11.5 Å². The van der Waals surface area contributed by atoms with Crippen LogP contribution in [0.1, 0.15) is 56.8 Å². The molecule has 2 heterocycles. The van der Waals surface area contributed by atoms with Gasteiger partial charge in [-0.2, -0.15) is 0 Å². The molecule has 3 fully saturated rings. The minimum absolute atomic E-state index is 0.172. The van der Waals surface area contributed by atoms with Crippen LogP contribution in [0, 0.1) is 11.8 Å². The Morgan fingerprint density at radius 2 is 1.73 bits per heavy atom. The highest BCUT2D eigenvalue weighted by Crippen LogP contribution is 2.54. The summed E-state index contributed by atoms with van der Waals surface area (Å²) in [7, 11) is 0. The zero-order valence-electron chi connectivity index (χ0n) is 17.3. The van der Waals surface area contributed by atoms with Gasteiger partial charge in [0.2, 0.25) is 0 Å². The van der Waals surface area contributed by atoms with E-state index in [2.05, 4.69) is 19.0 Å². The van der Waals surface area contributed by atoms with Crippen LogP contribution in [0.5, 0.6) is 0 Å². The van der Waals surface area contributed by atoms with Crippen molar-refractivity contribution in [1.82, 2.24) is 5.16 Å².